The van der Waals surface area contributed by atoms with Gasteiger partial charge in [0.2, 0.25) is 5.91 Å². The van der Waals surface area contributed by atoms with Crippen LogP contribution >= 0.6 is 0 Å². The van der Waals surface area contributed by atoms with E-state index in [0.717, 1.165) is 22.3 Å². The standard InChI is InChI=1S/C31H27N3O/c35-30(34-22-21-32-24-34)29(23-25-13-5-1-6-14-25)33-31(26-15-7-2-8-16-26,27-17-9-3-10-18-27)28-19-11-4-12-20-28/h1-22,24,29,33H,23H2/t29-/m1/s1. The molecule has 5 rings (SSSR count). The van der Waals surface area contributed by atoms with Gasteiger partial charge in [0.15, 0.2) is 0 Å². The molecule has 0 saturated heterocycles. The quantitative estimate of drug-likeness (QED) is 0.303. The van der Waals surface area contributed by atoms with Crippen molar-refractivity contribution in [3.8, 4) is 0 Å². The lowest BCUT2D eigenvalue weighted by molar-refractivity contribution is 0.0845. The number of carbonyl (C=O) groups is 1. The van der Waals surface area contributed by atoms with E-state index in [1.165, 1.54) is 0 Å². The minimum Gasteiger partial charge on any atom is -0.288 e. The van der Waals surface area contributed by atoms with Gasteiger partial charge in [0, 0.05) is 12.4 Å². The number of benzene rings is 4. The third kappa shape index (κ3) is 4.70. The highest BCUT2D eigenvalue weighted by atomic mass is 16.2. The molecule has 4 nitrogen and oxygen atoms in total. The molecule has 0 aliphatic carbocycles. The van der Waals surface area contributed by atoms with Gasteiger partial charge in [0.1, 0.15) is 6.33 Å². The van der Waals surface area contributed by atoms with E-state index < -0.39 is 11.6 Å². The van der Waals surface area contributed by atoms with Crippen LogP contribution in [0.2, 0.25) is 0 Å². The maximum Gasteiger partial charge on any atom is 0.249 e. The van der Waals surface area contributed by atoms with Gasteiger partial charge in [-0.1, -0.05) is 121 Å². The number of hydrogen-bond donors (Lipinski definition) is 1. The highest BCUT2D eigenvalue weighted by molar-refractivity contribution is 5.85. The van der Waals surface area contributed by atoms with Crippen LogP contribution in [-0.2, 0) is 12.0 Å². The van der Waals surface area contributed by atoms with E-state index in [9.17, 15) is 4.79 Å². The molecule has 0 amide bonds. The van der Waals surface area contributed by atoms with E-state index in [0.29, 0.717) is 6.42 Å². The van der Waals surface area contributed by atoms with Gasteiger partial charge in [-0.3, -0.25) is 14.7 Å². The van der Waals surface area contributed by atoms with Crippen LogP contribution in [0.1, 0.15) is 27.0 Å². The number of nitrogens with one attached hydrogen (secondary N) is 1. The maximum absolute atomic E-state index is 13.8. The van der Waals surface area contributed by atoms with Crippen molar-refractivity contribution in [2.24, 2.45) is 0 Å². The zero-order chi connectivity index (χ0) is 23.9. The smallest absolute Gasteiger partial charge is 0.249 e. The van der Waals surface area contributed by atoms with E-state index in [1.807, 2.05) is 72.8 Å². The summed E-state index contributed by atoms with van der Waals surface area (Å²) in [5.74, 6) is -0.0569. The summed E-state index contributed by atoms with van der Waals surface area (Å²) in [7, 11) is 0. The van der Waals surface area contributed by atoms with Crippen LogP contribution in [0.15, 0.2) is 140 Å². The van der Waals surface area contributed by atoms with Crippen LogP contribution < -0.4 is 5.32 Å². The highest BCUT2D eigenvalue weighted by Crippen LogP contribution is 2.37. The molecule has 172 valence electrons. The van der Waals surface area contributed by atoms with Crippen LogP contribution in [0.4, 0.5) is 0 Å². The zero-order valence-electron chi connectivity index (χ0n) is 19.4. The van der Waals surface area contributed by atoms with Crippen LogP contribution in [0.5, 0.6) is 0 Å². The summed E-state index contributed by atoms with van der Waals surface area (Å²) in [6.45, 7) is 0. The number of carbonyl (C=O) groups excluding carboxylic acids is 1. The molecule has 4 heteroatoms. The Labute approximate surface area is 205 Å². The molecule has 1 heterocycles. The molecule has 1 atom stereocenters. The molecular weight excluding hydrogens is 430 g/mol. The number of nitrogens with zero attached hydrogens (tertiary/aromatic N) is 2. The lowest BCUT2D eigenvalue weighted by Gasteiger charge is -2.40. The molecule has 0 spiro atoms. The monoisotopic (exact) mass is 457 g/mol. The summed E-state index contributed by atoms with van der Waals surface area (Å²) >= 11 is 0. The van der Waals surface area contributed by atoms with Crippen molar-refractivity contribution in [1.82, 2.24) is 14.9 Å². The van der Waals surface area contributed by atoms with Gasteiger partial charge in [-0.15, -0.1) is 0 Å². The molecule has 0 radical (unpaired) electrons. The van der Waals surface area contributed by atoms with Crippen LogP contribution in [0.25, 0.3) is 0 Å². The Hall–Kier alpha value is -4.28. The molecule has 0 aliphatic rings. The van der Waals surface area contributed by atoms with Crippen molar-refractivity contribution < 1.29 is 4.79 Å². The van der Waals surface area contributed by atoms with Gasteiger partial charge in [-0.25, -0.2) is 4.98 Å². The Morgan fingerprint density at radius 3 is 1.60 bits per heavy atom. The second-order valence-corrected chi connectivity index (χ2v) is 8.54. The molecule has 0 unspecified atom stereocenters. The first-order chi connectivity index (χ1) is 17.3. The number of imidazole rings is 1. The van der Waals surface area contributed by atoms with Crippen LogP contribution in [-0.4, -0.2) is 21.5 Å². The fourth-order valence-corrected chi connectivity index (χ4v) is 4.70. The normalized spacial score (nSPS) is 12.2. The first kappa shape index (κ1) is 22.5. The van der Waals surface area contributed by atoms with Crippen molar-refractivity contribution in [2.45, 2.75) is 18.0 Å². The molecule has 0 fully saturated rings. The maximum atomic E-state index is 13.8. The molecule has 4 aromatic carbocycles. The molecule has 0 bridgehead atoms. The lowest BCUT2D eigenvalue weighted by Crippen LogP contribution is -2.54. The predicted molar refractivity (Wildman–Crippen MR) is 139 cm³/mol. The summed E-state index contributed by atoms with van der Waals surface area (Å²) < 4.78 is 1.56. The van der Waals surface area contributed by atoms with E-state index in [4.69, 9.17) is 0 Å². The van der Waals surface area contributed by atoms with Crippen molar-refractivity contribution in [3.05, 3.63) is 162 Å². The lowest BCUT2D eigenvalue weighted by atomic mass is 9.76. The summed E-state index contributed by atoms with van der Waals surface area (Å²) in [5.41, 5.74) is 3.53. The summed E-state index contributed by atoms with van der Waals surface area (Å²) in [4.78, 5) is 18.0. The van der Waals surface area contributed by atoms with E-state index in [1.54, 1.807) is 23.3 Å². The molecule has 5 aromatic rings. The Morgan fingerprint density at radius 2 is 1.17 bits per heavy atom. The number of hydrogen-bond acceptors (Lipinski definition) is 3. The van der Waals surface area contributed by atoms with Crippen molar-refractivity contribution in [2.75, 3.05) is 0 Å². The minimum absolute atomic E-state index is 0.0569. The molecule has 1 aromatic heterocycles. The largest absolute Gasteiger partial charge is 0.288 e. The second-order valence-electron chi connectivity index (χ2n) is 8.54. The van der Waals surface area contributed by atoms with Crippen molar-refractivity contribution >= 4 is 5.91 Å². The highest BCUT2D eigenvalue weighted by Gasteiger charge is 2.40. The zero-order valence-corrected chi connectivity index (χ0v) is 19.4. The fraction of sp³-hybridized carbons (Fsp3) is 0.0968. The SMILES string of the molecule is O=C([C@@H](Cc1ccccc1)NC(c1ccccc1)(c1ccccc1)c1ccccc1)n1ccnc1. The van der Waals surface area contributed by atoms with Gasteiger partial charge in [0.25, 0.3) is 0 Å². The van der Waals surface area contributed by atoms with Crippen molar-refractivity contribution in [1.29, 1.82) is 0 Å². The Balaban J connectivity index is 1.70. The van der Waals surface area contributed by atoms with E-state index in [2.05, 4.69) is 58.8 Å². The third-order valence-electron chi connectivity index (χ3n) is 6.35. The second kappa shape index (κ2) is 10.3. The Bertz CT molecular complexity index is 1240. The minimum atomic E-state index is -0.751. The predicted octanol–water partition coefficient (Wildman–Crippen LogP) is 5.72. The number of rotatable bonds is 8. The molecule has 0 saturated carbocycles. The summed E-state index contributed by atoms with van der Waals surface area (Å²) in [5, 5.41) is 3.85. The fourth-order valence-electron chi connectivity index (χ4n) is 4.70. The molecule has 35 heavy (non-hydrogen) atoms. The van der Waals surface area contributed by atoms with Gasteiger partial charge in [0.05, 0.1) is 11.6 Å². The van der Waals surface area contributed by atoms with Crippen LogP contribution in [0.3, 0.4) is 0 Å². The summed E-state index contributed by atoms with van der Waals surface area (Å²) in [6, 6.07) is 40.6. The van der Waals surface area contributed by atoms with Gasteiger partial charge in [-0.05, 0) is 28.7 Å². The van der Waals surface area contributed by atoms with Gasteiger partial charge >= 0.3 is 0 Å². The average molecular weight is 458 g/mol. The molecular formula is C31H27N3O. The van der Waals surface area contributed by atoms with Crippen LogP contribution in [0, 0.1) is 0 Å². The van der Waals surface area contributed by atoms with Gasteiger partial charge < -0.3 is 0 Å². The van der Waals surface area contributed by atoms with E-state index >= 15 is 0 Å². The van der Waals surface area contributed by atoms with E-state index in [-0.39, 0.29) is 5.91 Å². The first-order valence-corrected chi connectivity index (χ1v) is 11.8. The Kier molecular flexibility index (Phi) is 6.64. The average Bonchev–Trinajstić information content (AvgIpc) is 3.48. The topological polar surface area (TPSA) is 46.9 Å². The molecule has 1 N–H and O–H groups in total. The van der Waals surface area contributed by atoms with Gasteiger partial charge in [-0.2, -0.15) is 0 Å². The summed E-state index contributed by atoms with van der Waals surface area (Å²) in [6.07, 6.45) is 5.44. The molecule has 0 aliphatic heterocycles. The third-order valence-corrected chi connectivity index (χ3v) is 6.35. The van der Waals surface area contributed by atoms with Crippen molar-refractivity contribution in [3.63, 3.8) is 0 Å². The number of aromatic nitrogens is 2. The Morgan fingerprint density at radius 1 is 0.714 bits per heavy atom. The first-order valence-electron chi connectivity index (χ1n) is 11.8.